The number of aromatic nitrogens is 3. The van der Waals surface area contributed by atoms with Gasteiger partial charge in [0.05, 0.1) is 11.9 Å². The summed E-state index contributed by atoms with van der Waals surface area (Å²) in [4.78, 5) is 67.4. The number of hydrogen-bond acceptors (Lipinski definition) is 8. The van der Waals surface area contributed by atoms with Gasteiger partial charge in [-0.3, -0.25) is 28.6 Å². The van der Waals surface area contributed by atoms with E-state index in [0.29, 0.717) is 28.6 Å². The molecule has 0 saturated carbocycles. The van der Waals surface area contributed by atoms with Crippen molar-refractivity contribution in [3.05, 3.63) is 154 Å². The number of para-hydroxylation sites is 2. The number of fused-ring (bicyclic) bond motifs is 1. The molecule has 2 amide bonds. The van der Waals surface area contributed by atoms with Gasteiger partial charge in [-0.2, -0.15) is 5.06 Å². The number of hydroxylamine groups is 1. The van der Waals surface area contributed by atoms with Gasteiger partial charge in [0, 0.05) is 5.56 Å². The fourth-order valence-electron chi connectivity index (χ4n) is 4.78. The number of allylic oxidation sites excluding steroid dienone is 1. The van der Waals surface area contributed by atoms with E-state index in [9.17, 15) is 23.6 Å². The molecule has 2 heterocycles. The Morgan fingerprint density at radius 3 is 2.31 bits per heavy atom. The highest BCUT2D eigenvalue weighted by Gasteiger charge is 2.24. The van der Waals surface area contributed by atoms with Gasteiger partial charge in [0.25, 0.3) is 17.2 Å². The summed E-state index contributed by atoms with van der Waals surface area (Å²) in [7, 11) is 0. The average Bonchev–Trinajstić information content (AvgIpc) is 3.55. The smallest absolute Gasteiger partial charge is 0.280 e. The third-order valence-corrected chi connectivity index (χ3v) is 7.10. The molecule has 0 bridgehead atoms. The van der Waals surface area contributed by atoms with E-state index in [1.807, 2.05) is 6.07 Å². The fourth-order valence-corrected chi connectivity index (χ4v) is 4.78. The van der Waals surface area contributed by atoms with Crippen molar-refractivity contribution in [1.82, 2.24) is 19.9 Å². The molecule has 0 unspecified atom stereocenters. The monoisotopic (exact) mass is 643 g/mol. The van der Waals surface area contributed by atoms with Gasteiger partial charge >= 0.3 is 0 Å². The number of ketones is 1. The van der Waals surface area contributed by atoms with Gasteiger partial charge in [-0.25, -0.2) is 14.4 Å². The third kappa shape index (κ3) is 7.14. The van der Waals surface area contributed by atoms with E-state index in [-0.39, 0.29) is 29.7 Å². The number of nitrogens with one attached hydrogen (secondary N) is 1. The molecule has 238 valence electrons. The zero-order valence-corrected chi connectivity index (χ0v) is 25.2. The van der Waals surface area contributed by atoms with Crippen LogP contribution >= 0.6 is 0 Å². The van der Waals surface area contributed by atoms with Crippen LogP contribution in [0.3, 0.4) is 0 Å². The third-order valence-electron chi connectivity index (χ3n) is 7.10. The van der Waals surface area contributed by atoms with Crippen LogP contribution in [0.15, 0.2) is 130 Å². The van der Waals surface area contributed by atoms with Crippen molar-refractivity contribution in [2.75, 3.05) is 5.06 Å². The molecule has 0 fully saturated rings. The lowest BCUT2D eigenvalue weighted by atomic mass is 10.1. The van der Waals surface area contributed by atoms with Crippen molar-refractivity contribution in [1.29, 1.82) is 0 Å². The number of carbonyl (C=O) groups is 3. The maximum atomic E-state index is 13.9. The summed E-state index contributed by atoms with van der Waals surface area (Å²) in [5.74, 6) is -2.25. The number of halogens is 1. The number of Topliss-reactive ketones (excluding diaryl/α,β-unsaturated/α-hetero) is 1. The first kappa shape index (κ1) is 31.5. The van der Waals surface area contributed by atoms with E-state index in [1.165, 1.54) is 30.3 Å². The Hall–Kier alpha value is -6.53. The standard InChI is InChI=1S/C36H26FN5O6/c37-27-17-15-26(16-18-27)34-38-20-30(42(23-43)47-22-25-11-5-2-6-12-25)36(46)41(34)21-32(44)39-29(19-24-9-3-1-4-10-24)33(45)35-40-28-13-7-8-14-31(28)48-35/h1-20,23H,21-22H2,(H,39,44). The molecule has 0 spiro atoms. The largest absolute Gasteiger partial charge is 0.433 e. The number of oxazole rings is 1. The van der Waals surface area contributed by atoms with Gasteiger partial charge < -0.3 is 9.73 Å². The predicted octanol–water partition coefficient (Wildman–Crippen LogP) is 5.33. The van der Waals surface area contributed by atoms with Crippen LogP contribution in [0.2, 0.25) is 0 Å². The lowest BCUT2D eigenvalue weighted by Crippen LogP contribution is -2.37. The first-order valence-corrected chi connectivity index (χ1v) is 14.6. The van der Waals surface area contributed by atoms with Crippen molar-refractivity contribution >= 4 is 41.0 Å². The van der Waals surface area contributed by atoms with Crippen LogP contribution in [0.25, 0.3) is 28.6 Å². The summed E-state index contributed by atoms with van der Waals surface area (Å²) >= 11 is 0. The number of carbonyl (C=O) groups excluding carboxylic acids is 3. The molecular weight excluding hydrogens is 617 g/mol. The minimum absolute atomic E-state index is 0.00618. The summed E-state index contributed by atoms with van der Waals surface area (Å²) in [6, 6.07) is 29.8. The van der Waals surface area contributed by atoms with E-state index in [4.69, 9.17) is 9.25 Å². The quantitative estimate of drug-likeness (QED) is 0.0819. The van der Waals surface area contributed by atoms with Gasteiger partial charge in [0.15, 0.2) is 11.3 Å². The molecule has 11 nitrogen and oxygen atoms in total. The van der Waals surface area contributed by atoms with Crippen LogP contribution in [0.1, 0.15) is 21.8 Å². The van der Waals surface area contributed by atoms with Gasteiger partial charge in [0.1, 0.15) is 30.3 Å². The summed E-state index contributed by atoms with van der Waals surface area (Å²) < 4.78 is 20.4. The molecule has 4 aromatic carbocycles. The second-order valence-electron chi connectivity index (χ2n) is 10.4. The second kappa shape index (κ2) is 14.3. The van der Waals surface area contributed by atoms with Crippen LogP contribution in [0.4, 0.5) is 10.1 Å². The Balaban J connectivity index is 1.34. The summed E-state index contributed by atoms with van der Waals surface area (Å²) in [5, 5.41) is 3.32. The van der Waals surface area contributed by atoms with Gasteiger partial charge in [-0.1, -0.05) is 72.8 Å². The lowest BCUT2D eigenvalue weighted by molar-refractivity contribution is -0.121. The molecule has 6 aromatic rings. The highest BCUT2D eigenvalue weighted by Crippen LogP contribution is 2.21. The molecule has 12 heteroatoms. The lowest BCUT2D eigenvalue weighted by Gasteiger charge is -2.19. The maximum Gasteiger partial charge on any atom is 0.280 e. The van der Waals surface area contributed by atoms with Crippen molar-refractivity contribution in [2.24, 2.45) is 0 Å². The molecular formula is C36H26FN5O6. The highest BCUT2D eigenvalue weighted by atomic mass is 19.1. The summed E-state index contributed by atoms with van der Waals surface area (Å²) in [6.45, 7) is -0.685. The van der Waals surface area contributed by atoms with Gasteiger partial charge in [-0.15, -0.1) is 0 Å². The molecule has 2 aromatic heterocycles. The number of hydrogen-bond donors (Lipinski definition) is 1. The Morgan fingerprint density at radius 1 is 0.917 bits per heavy atom. The van der Waals surface area contributed by atoms with Crippen molar-refractivity contribution in [3.8, 4) is 11.4 Å². The minimum Gasteiger partial charge on any atom is -0.433 e. The van der Waals surface area contributed by atoms with Crippen LogP contribution in [0.5, 0.6) is 0 Å². The van der Waals surface area contributed by atoms with E-state index in [2.05, 4.69) is 15.3 Å². The SMILES string of the molecule is O=CN(OCc1ccccc1)c1cnc(-c2ccc(F)cc2)n(CC(=O)NC(=Cc2ccccc2)C(=O)c2nc3ccccc3o2)c1=O. The maximum absolute atomic E-state index is 13.9. The minimum atomic E-state index is -0.807. The molecule has 6 rings (SSSR count). The second-order valence-corrected chi connectivity index (χ2v) is 10.4. The molecule has 0 aliphatic heterocycles. The van der Waals surface area contributed by atoms with E-state index in [1.54, 1.807) is 78.9 Å². The molecule has 0 aliphatic carbocycles. The van der Waals surface area contributed by atoms with E-state index < -0.39 is 29.6 Å². The molecule has 0 radical (unpaired) electrons. The molecule has 0 aliphatic rings. The zero-order chi connectivity index (χ0) is 33.5. The van der Waals surface area contributed by atoms with Crippen molar-refractivity contribution in [3.63, 3.8) is 0 Å². The Labute approximate surface area is 272 Å². The first-order chi connectivity index (χ1) is 23.4. The topological polar surface area (TPSA) is 137 Å². The molecule has 1 N–H and O–H groups in total. The summed E-state index contributed by atoms with van der Waals surface area (Å²) in [5.41, 5.74) is 1.25. The van der Waals surface area contributed by atoms with Crippen LogP contribution in [-0.2, 0) is 27.6 Å². The molecule has 0 atom stereocenters. The normalized spacial score (nSPS) is 11.3. The van der Waals surface area contributed by atoms with Gasteiger partial charge in [0.2, 0.25) is 12.3 Å². The van der Waals surface area contributed by atoms with Gasteiger partial charge in [-0.05, 0) is 53.6 Å². The number of benzene rings is 4. The van der Waals surface area contributed by atoms with Crippen LogP contribution in [0, 0.1) is 5.82 Å². The predicted molar refractivity (Wildman–Crippen MR) is 175 cm³/mol. The fraction of sp³-hybridized carbons (Fsp3) is 0.0556. The van der Waals surface area contributed by atoms with Crippen LogP contribution in [-0.4, -0.2) is 32.6 Å². The molecule has 0 saturated heterocycles. The number of amides is 2. The molecule has 48 heavy (non-hydrogen) atoms. The summed E-state index contributed by atoms with van der Waals surface area (Å²) in [6.07, 6.45) is 2.90. The van der Waals surface area contributed by atoms with E-state index in [0.717, 1.165) is 21.4 Å². The number of rotatable bonds is 12. The van der Waals surface area contributed by atoms with E-state index >= 15 is 0 Å². The first-order valence-electron chi connectivity index (χ1n) is 14.6. The number of anilines is 1. The van der Waals surface area contributed by atoms with Crippen molar-refractivity contribution in [2.45, 2.75) is 13.2 Å². The van der Waals surface area contributed by atoms with Crippen LogP contribution < -0.4 is 15.9 Å². The average molecular weight is 644 g/mol. The van der Waals surface area contributed by atoms with Crippen molar-refractivity contribution < 1.29 is 28.0 Å². The Kier molecular flexibility index (Phi) is 9.35. The Morgan fingerprint density at radius 2 is 1.60 bits per heavy atom. The number of nitrogens with zero attached hydrogens (tertiary/aromatic N) is 4. The Bertz CT molecular complexity index is 2150. The zero-order valence-electron chi connectivity index (χ0n) is 25.2. The highest BCUT2D eigenvalue weighted by molar-refractivity contribution is 6.11.